The van der Waals surface area contributed by atoms with E-state index in [4.69, 9.17) is 9.47 Å². The Morgan fingerprint density at radius 2 is 1.95 bits per heavy atom. The molecule has 1 N–H and O–H groups in total. The lowest BCUT2D eigenvalue weighted by molar-refractivity contribution is 0.298. The zero-order valence-electron chi connectivity index (χ0n) is 13.7. The van der Waals surface area contributed by atoms with E-state index in [1.165, 1.54) is 0 Å². The summed E-state index contributed by atoms with van der Waals surface area (Å²) >= 11 is 0. The van der Waals surface area contributed by atoms with Crippen molar-refractivity contribution in [1.29, 1.82) is 0 Å². The second-order valence-corrected chi connectivity index (χ2v) is 5.01. The van der Waals surface area contributed by atoms with Crippen molar-refractivity contribution >= 4 is 0 Å². The first-order chi connectivity index (χ1) is 10.2. The molecule has 0 radical (unpaired) electrons. The van der Waals surface area contributed by atoms with Crippen molar-refractivity contribution in [3.8, 4) is 11.5 Å². The molecular weight excluding hydrogens is 262 g/mol. The Bertz CT molecular complexity index is 414. The van der Waals surface area contributed by atoms with Gasteiger partial charge in [-0.15, -0.1) is 6.58 Å². The third-order valence-electron chi connectivity index (χ3n) is 3.49. The second kappa shape index (κ2) is 10.3. The lowest BCUT2D eigenvalue weighted by Crippen LogP contribution is -2.31. The molecule has 0 saturated carbocycles. The molecule has 0 atom stereocenters. The van der Waals surface area contributed by atoms with Crippen molar-refractivity contribution in [3.05, 3.63) is 36.4 Å². The van der Waals surface area contributed by atoms with E-state index in [2.05, 4.69) is 25.7 Å². The van der Waals surface area contributed by atoms with Crippen LogP contribution in [0, 0.1) is 0 Å². The van der Waals surface area contributed by atoms with Gasteiger partial charge in [0.05, 0.1) is 6.61 Å². The molecule has 0 saturated heterocycles. The summed E-state index contributed by atoms with van der Waals surface area (Å²) in [5, 5.41) is 3.50. The fraction of sp³-hybridized carbons (Fsp3) is 0.556. The monoisotopic (exact) mass is 291 g/mol. The van der Waals surface area contributed by atoms with Crippen LogP contribution in [0.25, 0.3) is 0 Å². The van der Waals surface area contributed by atoms with Gasteiger partial charge in [0.1, 0.15) is 18.1 Å². The minimum absolute atomic E-state index is 0.585. The van der Waals surface area contributed by atoms with Gasteiger partial charge in [0.2, 0.25) is 0 Å². The van der Waals surface area contributed by atoms with Crippen LogP contribution in [0.5, 0.6) is 11.5 Å². The highest BCUT2D eigenvalue weighted by Gasteiger charge is 2.06. The topological polar surface area (TPSA) is 30.5 Å². The van der Waals surface area contributed by atoms with Crippen LogP contribution in [-0.4, -0.2) is 25.8 Å². The van der Waals surface area contributed by atoms with Crippen molar-refractivity contribution in [2.75, 3.05) is 19.8 Å². The van der Waals surface area contributed by atoms with E-state index in [1.54, 1.807) is 0 Å². The van der Waals surface area contributed by atoms with E-state index in [0.717, 1.165) is 42.9 Å². The van der Waals surface area contributed by atoms with Gasteiger partial charge in [-0.3, -0.25) is 0 Å². The lowest BCUT2D eigenvalue weighted by atomic mass is 10.1. The summed E-state index contributed by atoms with van der Waals surface area (Å²) in [4.78, 5) is 0. The highest BCUT2D eigenvalue weighted by Crippen LogP contribution is 2.25. The van der Waals surface area contributed by atoms with Gasteiger partial charge >= 0.3 is 0 Å². The molecule has 0 fully saturated rings. The van der Waals surface area contributed by atoms with Crippen LogP contribution in [0.1, 0.15) is 39.2 Å². The van der Waals surface area contributed by atoms with Gasteiger partial charge in [-0.1, -0.05) is 19.9 Å². The normalized spacial score (nSPS) is 10.7. The van der Waals surface area contributed by atoms with E-state index in [1.807, 2.05) is 31.2 Å². The SMILES string of the molecule is C=CCc1cc(OCC)ccc1OCCNC(CC)CC. The molecule has 118 valence electrons. The molecule has 0 aliphatic carbocycles. The number of allylic oxidation sites excluding steroid dienone is 1. The molecule has 1 rings (SSSR count). The third-order valence-corrected chi connectivity index (χ3v) is 3.49. The Morgan fingerprint density at radius 3 is 2.57 bits per heavy atom. The van der Waals surface area contributed by atoms with E-state index in [-0.39, 0.29) is 0 Å². The summed E-state index contributed by atoms with van der Waals surface area (Å²) in [7, 11) is 0. The number of hydrogen-bond acceptors (Lipinski definition) is 3. The van der Waals surface area contributed by atoms with Crippen LogP contribution >= 0.6 is 0 Å². The van der Waals surface area contributed by atoms with Gasteiger partial charge in [0.25, 0.3) is 0 Å². The Balaban J connectivity index is 2.54. The van der Waals surface area contributed by atoms with E-state index in [0.29, 0.717) is 19.3 Å². The molecule has 1 aromatic rings. The summed E-state index contributed by atoms with van der Waals surface area (Å²) in [6.45, 7) is 12.4. The van der Waals surface area contributed by atoms with Gasteiger partial charge in [0.15, 0.2) is 0 Å². The van der Waals surface area contributed by atoms with Crippen LogP contribution in [0.2, 0.25) is 0 Å². The average Bonchev–Trinajstić information content (AvgIpc) is 2.50. The molecular formula is C18H29NO2. The fourth-order valence-corrected chi connectivity index (χ4v) is 2.27. The first kappa shape index (κ1) is 17.6. The molecule has 0 aromatic heterocycles. The van der Waals surface area contributed by atoms with Gasteiger partial charge < -0.3 is 14.8 Å². The Kier molecular flexibility index (Phi) is 8.60. The van der Waals surface area contributed by atoms with Crippen LogP contribution in [-0.2, 0) is 6.42 Å². The number of nitrogens with one attached hydrogen (secondary N) is 1. The summed E-state index contributed by atoms with van der Waals surface area (Å²) < 4.78 is 11.4. The maximum atomic E-state index is 5.90. The van der Waals surface area contributed by atoms with Crippen LogP contribution < -0.4 is 14.8 Å². The highest BCUT2D eigenvalue weighted by molar-refractivity contribution is 5.41. The van der Waals surface area contributed by atoms with Gasteiger partial charge in [0, 0.05) is 18.2 Å². The molecule has 0 spiro atoms. The summed E-state index contributed by atoms with van der Waals surface area (Å²) in [5.74, 6) is 1.81. The predicted molar refractivity (Wildman–Crippen MR) is 89.4 cm³/mol. The highest BCUT2D eigenvalue weighted by atomic mass is 16.5. The molecule has 0 heterocycles. The van der Waals surface area contributed by atoms with Gasteiger partial charge in [-0.2, -0.15) is 0 Å². The first-order valence-corrected chi connectivity index (χ1v) is 7.97. The van der Waals surface area contributed by atoms with E-state index in [9.17, 15) is 0 Å². The molecule has 3 heteroatoms. The van der Waals surface area contributed by atoms with Crippen LogP contribution in [0.4, 0.5) is 0 Å². The summed E-state index contributed by atoms with van der Waals surface area (Å²) in [5.41, 5.74) is 1.12. The second-order valence-electron chi connectivity index (χ2n) is 5.01. The van der Waals surface area contributed by atoms with Gasteiger partial charge in [-0.25, -0.2) is 0 Å². The Morgan fingerprint density at radius 1 is 1.19 bits per heavy atom. The predicted octanol–water partition coefficient (Wildman–Crippen LogP) is 3.97. The molecule has 21 heavy (non-hydrogen) atoms. The number of rotatable bonds is 11. The maximum absolute atomic E-state index is 5.90. The third kappa shape index (κ3) is 6.21. The number of hydrogen-bond donors (Lipinski definition) is 1. The van der Waals surface area contributed by atoms with Crippen molar-refractivity contribution in [1.82, 2.24) is 5.32 Å². The molecule has 0 bridgehead atoms. The minimum atomic E-state index is 0.585. The van der Waals surface area contributed by atoms with Crippen molar-refractivity contribution in [2.24, 2.45) is 0 Å². The zero-order valence-corrected chi connectivity index (χ0v) is 13.7. The fourth-order valence-electron chi connectivity index (χ4n) is 2.27. The van der Waals surface area contributed by atoms with Crippen LogP contribution in [0.15, 0.2) is 30.9 Å². The summed E-state index contributed by atoms with van der Waals surface area (Å²) in [6.07, 6.45) is 4.99. The standard InChI is InChI=1S/C18H29NO2/c1-5-9-15-14-17(20-8-4)10-11-18(15)21-13-12-19-16(6-2)7-3/h5,10-11,14,16,19H,1,6-9,12-13H2,2-4H3. The molecule has 0 amide bonds. The molecule has 0 unspecified atom stereocenters. The Hall–Kier alpha value is -1.48. The zero-order chi connectivity index (χ0) is 15.5. The number of benzene rings is 1. The van der Waals surface area contributed by atoms with E-state index < -0.39 is 0 Å². The quantitative estimate of drug-likeness (QED) is 0.494. The Labute approximate surface area is 129 Å². The first-order valence-electron chi connectivity index (χ1n) is 7.97. The van der Waals surface area contributed by atoms with Crippen molar-refractivity contribution in [3.63, 3.8) is 0 Å². The van der Waals surface area contributed by atoms with Crippen molar-refractivity contribution < 1.29 is 9.47 Å². The van der Waals surface area contributed by atoms with Crippen molar-refractivity contribution in [2.45, 2.75) is 46.1 Å². The van der Waals surface area contributed by atoms with Crippen LogP contribution in [0.3, 0.4) is 0 Å². The van der Waals surface area contributed by atoms with Gasteiger partial charge in [-0.05, 0) is 44.4 Å². The molecule has 0 aliphatic heterocycles. The largest absolute Gasteiger partial charge is 0.494 e. The molecule has 1 aromatic carbocycles. The molecule has 3 nitrogen and oxygen atoms in total. The number of ether oxygens (including phenoxy) is 2. The molecule has 0 aliphatic rings. The van der Waals surface area contributed by atoms with E-state index >= 15 is 0 Å². The smallest absolute Gasteiger partial charge is 0.123 e. The average molecular weight is 291 g/mol. The minimum Gasteiger partial charge on any atom is -0.494 e. The lowest BCUT2D eigenvalue weighted by Gasteiger charge is -2.16. The summed E-state index contributed by atoms with van der Waals surface area (Å²) in [6, 6.07) is 6.57. The maximum Gasteiger partial charge on any atom is 0.123 e.